The molecule has 0 radical (unpaired) electrons. The summed E-state index contributed by atoms with van der Waals surface area (Å²) in [6, 6.07) is 11.9. The summed E-state index contributed by atoms with van der Waals surface area (Å²) in [5.74, 6) is -0.638. The largest absolute Gasteiger partial charge is 0.361 e. The van der Waals surface area contributed by atoms with Gasteiger partial charge in [0.1, 0.15) is 5.03 Å². The SMILES string of the molecule is COP(=O)(OC)C1(NS(=O)(=O)c2ccc(C)cc2)C(Cl)=C(Cl)C(=O)c2ccccc21. The van der Waals surface area contributed by atoms with E-state index in [1.54, 1.807) is 31.2 Å². The number of carbonyl (C=O) groups is 1. The second kappa shape index (κ2) is 8.20. The molecule has 0 aromatic heterocycles. The highest BCUT2D eigenvalue weighted by Gasteiger charge is 2.61. The van der Waals surface area contributed by atoms with Crippen LogP contribution >= 0.6 is 30.8 Å². The highest BCUT2D eigenvalue weighted by molar-refractivity contribution is 7.90. The number of hydrogen-bond acceptors (Lipinski definition) is 6. The number of nitrogens with one attached hydrogen (secondary N) is 1. The van der Waals surface area contributed by atoms with Crippen molar-refractivity contribution in [3.63, 3.8) is 0 Å². The van der Waals surface area contributed by atoms with E-state index in [0.717, 1.165) is 19.8 Å². The standard InChI is InChI=1S/C19H18Cl2NO6PS/c1-12-8-10-13(11-9-12)30(25,26)22-19(29(24,27-2)28-3)15-7-5-4-6-14(15)17(23)16(20)18(19)21/h4-11,22H,1-3H3. The Morgan fingerprint density at radius 1 is 1.00 bits per heavy atom. The maximum absolute atomic E-state index is 13.8. The zero-order valence-electron chi connectivity index (χ0n) is 16.2. The topological polar surface area (TPSA) is 98.8 Å². The maximum atomic E-state index is 13.8. The Bertz CT molecular complexity index is 1190. The summed E-state index contributed by atoms with van der Waals surface area (Å²) in [4.78, 5) is 12.6. The molecule has 3 rings (SSSR count). The van der Waals surface area contributed by atoms with Crippen molar-refractivity contribution in [2.75, 3.05) is 14.2 Å². The van der Waals surface area contributed by atoms with Crippen LogP contribution in [0, 0.1) is 6.92 Å². The number of allylic oxidation sites excluding steroid dienone is 1. The van der Waals surface area contributed by atoms with E-state index in [-0.39, 0.29) is 16.0 Å². The number of hydrogen-bond donors (Lipinski definition) is 1. The number of halogens is 2. The van der Waals surface area contributed by atoms with E-state index in [0.29, 0.717) is 0 Å². The van der Waals surface area contributed by atoms with Crippen LogP contribution in [0.1, 0.15) is 21.5 Å². The smallest absolute Gasteiger partial charge is 0.310 e. The Kier molecular flexibility index (Phi) is 6.33. The van der Waals surface area contributed by atoms with Gasteiger partial charge < -0.3 is 9.05 Å². The predicted molar refractivity (Wildman–Crippen MR) is 114 cm³/mol. The lowest BCUT2D eigenvalue weighted by atomic mass is 9.91. The van der Waals surface area contributed by atoms with Crippen molar-refractivity contribution in [2.45, 2.75) is 17.1 Å². The zero-order chi connectivity index (χ0) is 22.3. The first-order valence-corrected chi connectivity index (χ1v) is 12.3. The van der Waals surface area contributed by atoms with Crippen molar-refractivity contribution >= 4 is 46.6 Å². The van der Waals surface area contributed by atoms with Crippen LogP contribution in [0.15, 0.2) is 63.5 Å². The van der Waals surface area contributed by atoms with Crippen LogP contribution in [-0.4, -0.2) is 28.4 Å². The zero-order valence-corrected chi connectivity index (χ0v) is 19.4. The molecule has 0 amide bonds. The molecule has 0 saturated heterocycles. The molecular weight excluding hydrogens is 472 g/mol. The van der Waals surface area contributed by atoms with E-state index >= 15 is 0 Å². The molecule has 0 aliphatic heterocycles. The Morgan fingerprint density at radius 3 is 2.13 bits per heavy atom. The number of fused-ring (bicyclic) bond motifs is 1. The fraction of sp³-hybridized carbons (Fsp3) is 0.211. The molecule has 0 fully saturated rings. The molecule has 0 heterocycles. The number of aryl methyl sites for hydroxylation is 1. The van der Waals surface area contributed by atoms with Gasteiger partial charge in [-0.15, -0.1) is 0 Å². The minimum Gasteiger partial charge on any atom is -0.310 e. The molecule has 0 spiro atoms. The fourth-order valence-electron chi connectivity index (χ4n) is 3.23. The van der Waals surface area contributed by atoms with Gasteiger partial charge in [-0.1, -0.05) is 65.2 Å². The molecule has 2 aromatic rings. The first-order chi connectivity index (χ1) is 14.0. The quantitative estimate of drug-likeness (QED) is 0.599. The number of benzene rings is 2. The number of rotatable bonds is 6. The highest BCUT2D eigenvalue weighted by atomic mass is 35.5. The monoisotopic (exact) mass is 489 g/mol. The molecule has 1 unspecified atom stereocenters. The van der Waals surface area contributed by atoms with Gasteiger partial charge in [0.15, 0.2) is 5.28 Å². The minimum absolute atomic E-state index is 0.00659. The van der Waals surface area contributed by atoms with Crippen LogP contribution in [0.5, 0.6) is 0 Å². The van der Waals surface area contributed by atoms with Gasteiger partial charge in [0.25, 0.3) is 0 Å². The summed E-state index contributed by atoms with van der Waals surface area (Å²) < 4.78 is 53.0. The molecule has 30 heavy (non-hydrogen) atoms. The molecule has 2 aromatic carbocycles. The van der Waals surface area contributed by atoms with Crippen LogP contribution in [-0.2, 0) is 28.9 Å². The number of Topliss-reactive ketones (excluding diaryl/α,β-unsaturated/α-hetero) is 1. The lowest BCUT2D eigenvalue weighted by molar-refractivity contribution is 0.103. The first-order valence-electron chi connectivity index (χ1n) is 8.56. The lowest BCUT2D eigenvalue weighted by Crippen LogP contribution is -2.49. The molecule has 160 valence electrons. The molecule has 7 nitrogen and oxygen atoms in total. The third-order valence-electron chi connectivity index (χ3n) is 4.78. The summed E-state index contributed by atoms with van der Waals surface area (Å²) in [5, 5.41) is -3.27. The van der Waals surface area contributed by atoms with Crippen molar-refractivity contribution in [2.24, 2.45) is 0 Å². The Labute approximate surface area is 184 Å². The van der Waals surface area contributed by atoms with Crippen LogP contribution < -0.4 is 4.72 Å². The normalized spacial score (nSPS) is 19.7. The van der Waals surface area contributed by atoms with Crippen molar-refractivity contribution in [3.8, 4) is 0 Å². The van der Waals surface area contributed by atoms with E-state index in [2.05, 4.69) is 4.72 Å². The van der Waals surface area contributed by atoms with Gasteiger partial charge in [-0.2, -0.15) is 4.72 Å². The fourth-order valence-corrected chi connectivity index (χ4v) is 7.71. The third-order valence-corrected chi connectivity index (χ3v) is 9.82. The average molecular weight is 490 g/mol. The van der Waals surface area contributed by atoms with Crippen molar-refractivity contribution < 1.29 is 26.8 Å². The summed E-state index contributed by atoms with van der Waals surface area (Å²) in [6.45, 7) is 1.80. The van der Waals surface area contributed by atoms with Gasteiger partial charge >= 0.3 is 7.60 Å². The number of sulfonamides is 1. The van der Waals surface area contributed by atoms with Gasteiger partial charge in [0.05, 0.1) is 9.93 Å². The first kappa shape index (κ1) is 23.2. The molecule has 11 heteroatoms. The van der Waals surface area contributed by atoms with E-state index in [9.17, 15) is 17.8 Å². The van der Waals surface area contributed by atoms with Crippen LogP contribution in [0.2, 0.25) is 0 Å². The molecule has 1 N–H and O–H groups in total. The Morgan fingerprint density at radius 2 is 1.57 bits per heavy atom. The van der Waals surface area contributed by atoms with Gasteiger partial charge in [0, 0.05) is 25.3 Å². The maximum Gasteiger partial charge on any atom is 0.361 e. The highest BCUT2D eigenvalue weighted by Crippen LogP contribution is 2.69. The Hall–Kier alpha value is -1.51. The average Bonchev–Trinajstić information content (AvgIpc) is 2.75. The second-order valence-corrected chi connectivity index (χ2v) is 11.3. The van der Waals surface area contributed by atoms with Crippen molar-refractivity contribution in [1.29, 1.82) is 0 Å². The number of ketones is 1. The van der Waals surface area contributed by atoms with Crippen LogP contribution in [0.3, 0.4) is 0 Å². The summed E-state index contributed by atoms with van der Waals surface area (Å²) in [6.07, 6.45) is 0. The minimum atomic E-state index is -4.38. The van der Waals surface area contributed by atoms with Crippen molar-refractivity contribution in [3.05, 3.63) is 75.3 Å². The van der Waals surface area contributed by atoms with Gasteiger partial charge in [-0.05, 0) is 19.1 Å². The predicted octanol–water partition coefficient (Wildman–Crippen LogP) is 4.50. The molecule has 1 atom stereocenters. The molecule has 1 aliphatic rings. The number of carbonyl (C=O) groups excluding carboxylic acids is 1. The van der Waals surface area contributed by atoms with E-state index in [4.69, 9.17) is 32.2 Å². The molecule has 0 bridgehead atoms. The van der Waals surface area contributed by atoms with Gasteiger partial charge in [-0.3, -0.25) is 9.36 Å². The van der Waals surface area contributed by atoms with Crippen LogP contribution in [0.25, 0.3) is 0 Å². The second-order valence-electron chi connectivity index (χ2n) is 6.49. The summed E-state index contributed by atoms with van der Waals surface area (Å²) in [7, 11) is -6.54. The van der Waals surface area contributed by atoms with E-state index in [1.165, 1.54) is 24.3 Å². The summed E-state index contributed by atoms with van der Waals surface area (Å²) >= 11 is 12.6. The van der Waals surface area contributed by atoms with E-state index in [1.807, 2.05) is 0 Å². The Balaban J connectivity index is 2.38. The van der Waals surface area contributed by atoms with Crippen LogP contribution in [0.4, 0.5) is 0 Å². The van der Waals surface area contributed by atoms with Gasteiger partial charge in [-0.25, -0.2) is 8.42 Å². The van der Waals surface area contributed by atoms with Gasteiger partial charge in [0.2, 0.25) is 15.8 Å². The third kappa shape index (κ3) is 3.46. The molecular formula is C19H18Cl2NO6PS. The summed E-state index contributed by atoms with van der Waals surface area (Å²) in [5.41, 5.74) is 0.873. The lowest BCUT2D eigenvalue weighted by Gasteiger charge is -2.41. The van der Waals surface area contributed by atoms with Crippen molar-refractivity contribution in [1.82, 2.24) is 4.72 Å². The molecule has 0 saturated carbocycles. The van der Waals surface area contributed by atoms with E-state index < -0.39 is 38.7 Å². The molecule has 1 aliphatic carbocycles.